The Bertz CT molecular complexity index is 1120. The standard InChI is InChI=1S/C26H34N4O3/c1-17(2)18-7-9-20(10-8-18)26(32,25(5)14-30(6)15-25)21-11-19(12-27-13-21)22-28-23(33-29-22)24(3,4)16-31/h7-13,17,31-32H,14-16H2,1-6H3. The average Bonchev–Trinajstić information content (AvgIpc) is 3.29. The highest BCUT2D eigenvalue weighted by atomic mass is 16.5. The Morgan fingerprint density at radius 3 is 2.36 bits per heavy atom. The summed E-state index contributed by atoms with van der Waals surface area (Å²) >= 11 is 0. The molecule has 1 fully saturated rings. The van der Waals surface area contributed by atoms with Crippen molar-refractivity contribution in [2.45, 2.75) is 51.6 Å². The summed E-state index contributed by atoms with van der Waals surface area (Å²) in [5.74, 6) is 1.16. The molecule has 3 heterocycles. The third kappa shape index (κ3) is 3.98. The van der Waals surface area contributed by atoms with Crippen molar-refractivity contribution >= 4 is 0 Å². The van der Waals surface area contributed by atoms with Gasteiger partial charge in [0.2, 0.25) is 11.7 Å². The Balaban J connectivity index is 1.79. The summed E-state index contributed by atoms with van der Waals surface area (Å²) in [5, 5.41) is 26.1. The topological polar surface area (TPSA) is 95.5 Å². The molecule has 1 unspecified atom stereocenters. The predicted molar refractivity (Wildman–Crippen MR) is 127 cm³/mol. The maximum Gasteiger partial charge on any atom is 0.234 e. The van der Waals surface area contributed by atoms with Crippen LogP contribution in [0.15, 0.2) is 47.2 Å². The summed E-state index contributed by atoms with van der Waals surface area (Å²) in [4.78, 5) is 11.1. The predicted octanol–water partition coefficient (Wildman–Crippen LogP) is 3.71. The number of aliphatic hydroxyl groups excluding tert-OH is 1. The van der Waals surface area contributed by atoms with Crippen molar-refractivity contribution in [3.63, 3.8) is 0 Å². The van der Waals surface area contributed by atoms with E-state index in [0.717, 1.165) is 18.7 Å². The largest absolute Gasteiger partial charge is 0.395 e. The zero-order chi connectivity index (χ0) is 24.0. The van der Waals surface area contributed by atoms with E-state index < -0.39 is 11.0 Å². The Labute approximate surface area is 195 Å². The highest BCUT2D eigenvalue weighted by Gasteiger charge is 2.55. The monoisotopic (exact) mass is 450 g/mol. The van der Waals surface area contributed by atoms with Gasteiger partial charge in [-0.15, -0.1) is 0 Å². The molecule has 7 nitrogen and oxygen atoms in total. The fourth-order valence-corrected chi connectivity index (χ4v) is 4.79. The minimum atomic E-state index is -1.24. The van der Waals surface area contributed by atoms with Crippen LogP contribution in [-0.2, 0) is 11.0 Å². The molecule has 1 atom stereocenters. The summed E-state index contributed by atoms with van der Waals surface area (Å²) in [6.07, 6.45) is 3.39. The van der Waals surface area contributed by atoms with Crippen molar-refractivity contribution in [2.24, 2.45) is 5.41 Å². The Hall–Kier alpha value is -2.61. The fourth-order valence-electron chi connectivity index (χ4n) is 4.79. The summed E-state index contributed by atoms with van der Waals surface area (Å²) in [7, 11) is 2.06. The molecule has 2 aromatic heterocycles. The van der Waals surface area contributed by atoms with Crippen LogP contribution in [0.2, 0.25) is 0 Å². The minimum Gasteiger partial charge on any atom is -0.395 e. The SMILES string of the molecule is CC(C)c1ccc(C(O)(c2cncc(-c3noc(C(C)(C)CO)n3)c2)C2(C)CN(C)C2)cc1. The quantitative estimate of drug-likeness (QED) is 0.566. The van der Waals surface area contributed by atoms with E-state index in [9.17, 15) is 10.2 Å². The molecular formula is C26H34N4O3. The number of benzene rings is 1. The van der Waals surface area contributed by atoms with E-state index in [-0.39, 0.29) is 12.0 Å². The van der Waals surface area contributed by atoms with Gasteiger partial charge < -0.3 is 19.6 Å². The van der Waals surface area contributed by atoms with Crippen LogP contribution >= 0.6 is 0 Å². The molecule has 2 N–H and O–H groups in total. The molecule has 0 aliphatic carbocycles. The van der Waals surface area contributed by atoms with Crippen LogP contribution in [0.3, 0.4) is 0 Å². The van der Waals surface area contributed by atoms with Crippen molar-refractivity contribution in [1.82, 2.24) is 20.0 Å². The van der Waals surface area contributed by atoms with Crippen molar-refractivity contribution in [2.75, 3.05) is 26.7 Å². The molecular weight excluding hydrogens is 416 g/mol. The second-order valence-corrected chi connectivity index (χ2v) is 10.6. The first-order valence-corrected chi connectivity index (χ1v) is 11.4. The van der Waals surface area contributed by atoms with Gasteiger partial charge in [0.25, 0.3) is 0 Å². The second kappa shape index (κ2) is 8.31. The lowest BCUT2D eigenvalue weighted by molar-refractivity contribution is -0.127. The van der Waals surface area contributed by atoms with E-state index >= 15 is 0 Å². The molecule has 0 saturated carbocycles. The number of aliphatic hydroxyl groups is 2. The van der Waals surface area contributed by atoms with Crippen LogP contribution < -0.4 is 0 Å². The molecule has 4 rings (SSSR count). The van der Waals surface area contributed by atoms with Crippen LogP contribution in [0, 0.1) is 5.41 Å². The van der Waals surface area contributed by atoms with Gasteiger partial charge in [0.05, 0.1) is 12.0 Å². The molecule has 7 heteroatoms. The molecule has 0 bridgehead atoms. The van der Waals surface area contributed by atoms with Crippen LogP contribution in [0.4, 0.5) is 0 Å². The lowest BCUT2D eigenvalue weighted by atomic mass is 9.62. The fraction of sp³-hybridized carbons (Fsp3) is 0.500. The number of rotatable bonds is 7. The van der Waals surface area contributed by atoms with Gasteiger partial charge in [0.15, 0.2) is 0 Å². The normalized spacial score (nSPS) is 18.2. The number of hydrogen-bond donors (Lipinski definition) is 2. The number of nitrogens with zero attached hydrogens (tertiary/aromatic N) is 4. The molecule has 1 saturated heterocycles. The first-order valence-electron chi connectivity index (χ1n) is 11.4. The highest BCUT2D eigenvalue weighted by Crippen LogP contribution is 2.50. The lowest BCUT2D eigenvalue weighted by Crippen LogP contribution is -2.63. The molecule has 0 radical (unpaired) electrons. The number of pyridine rings is 1. The van der Waals surface area contributed by atoms with Gasteiger partial charge in [0, 0.05) is 42.0 Å². The molecule has 1 aliphatic rings. The molecule has 176 valence electrons. The summed E-state index contributed by atoms with van der Waals surface area (Å²) in [6.45, 7) is 11.5. The van der Waals surface area contributed by atoms with Gasteiger partial charge in [0.1, 0.15) is 5.60 Å². The number of likely N-dealkylation sites (tertiary alicyclic amines) is 1. The van der Waals surface area contributed by atoms with Crippen LogP contribution in [0.1, 0.15) is 63.1 Å². The van der Waals surface area contributed by atoms with Gasteiger partial charge >= 0.3 is 0 Å². The Morgan fingerprint density at radius 1 is 1.12 bits per heavy atom. The van der Waals surface area contributed by atoms with E-state index in [1.54, 1.807) is 12.4 Å². The van der Waals surface area contributed by atoms with E-state index in [1.165, 1.54) is 5.56 Å². The zero-order valence-electron chi connectivity index (χ0n) is 20.3. The minimum absolute atomic E-state index is 0.106. The second-order valence-electron chi connectivity index (χ2n) is 10.6. The van der Waals surface area contributed by atoms with E-state index in [1.807, 2.05) is 32.0 Å². The Morgan fingerprint density at radius 2 is 1.79 bits per heavy atom. The van der Waals surface area contributed by atoms with Gasteiger partial charge in [-0.25, -0.2) is 0 Å². The van der Waals surface area contributed by atoms with Gasteiger partial charge in [-0.1, -0.05) is 50.2 Å². The average molecular weight is 451 g/mol. The van der Waals surface area contributed by atoms with E-state index in [0.29, 0.717) is 28.8 Å². The summed E-state index contributed by atoms with van der Waals surface area (Å²) in [5.41, 5.74) is 1.16. The number of hydrogen-bond acceptors (Lipinski definition) is 7. The van der Waals surface area contributed by atoms with Gasteiger partial charge in [-0.05, 0) is 44.0 Å². The van der Waals surface area contributed by atoms with Crippen LogP contribution in [-0.4, -0.2) is 57.0 Å². The van der Waals surface area contributed by atoms with Crippen molar-refractivity contribution in [3.8, 4) is 11.4 Å². The maximum atomic E-state index is 12.4. The van der Waals surface area contributed by atoms with Gasteiger partial charge in [-0.3, -0.25) is 4.98 Å². The third-order valence-corrected chi connectivity index (χ3v) is 6.92. The third-order valence-electron chi connectivity index (χ3n) is 6.92. The molecule has 1 aromatic carbocycles. The summed E-state index contributed by atoms with van der Waals surface area (Å²) < 4.78 is 5.42. The highest BCUT2D eigenvalue weighted by molar-refractivity contribution is 5.56. The molecule has 0 amide bonds. The van der Waals surface area contributed by atoms with E-state index in [4.69, 9.17) is 4.52 Å². The number of aromatic nitrogens is 3. The van der Waals surface area contributed by atoms with Crippen LogP contribution in [0.5, 0.6) is 0 Å². The van der Waals surface area contributed by atoms with Crippen molar-refractivity contribution in [3.05, 3.63) is 65.3 Å². The van der Waals surface area contributed by atoms with Gasteiger partial charge in [-0.2, -0.15) is 4.98 Å². The van der Waals surface area contributed by atoms with Crippen LogP contribution in [0.25, 0.3) is 11.4 Å². The van der Waals surface area contributed by atoms with E-state index in [2.05, 4.69) is 60.0 Å². The lowest BCUT2D eigenvalue weighted by Gasteiger charge is -2.55. The zero-order valence-corrected chi connectivity index (χ0v) is 20.3. The smallest absolute Gasteiger partial charge is 0.234 e. The maximum absolute atomic E-state index is 12.4. The molecule has 0 spiro atoms. The Kier molecular flexibility index (Phi) is 5.93. The molecule has 1 aliphatic heterocycles. The first-order chi connectivity index (χ1) is 15.5. The van der Waals surface area contributed by atoms with Crippen molar-refractivity contribution in [1.29, 1.82) is 0 Å². The first kappa shape index (κ1) is 23.5. The molecule has 33 heavy (non-hydrogen) atoms. The summed E-state index contributed by atoms with van der Waals surface area (Å²) in [6, 6.07) is 10.1. The van der Waals surface area contributed by atoms with Crippen molar-refractivity contribution < 1.29 is 14.7 Å². The molecule has 3 aromatic rings.